The Morgan fingerprint density at radius 2 is 1.26 bits per heavy atom. The summed E-state index contributed by atoms with van der Waals surface area (Å²) < 4.78 is 0. The molecule has 0 saturated carbocycles. The van der Waals surface area contributed by atoms with Crippen molar-refractivity contribution in [3.05, 3.63) is 28.8 Å². The Morgan fingerprint density at radius 3 is 1.84 bits per heavy atom. The number of rotatable bonds is 9. The Balaban J connectivity index is 3.00. The average Bonchev–Trinajstić information content (AvgIpc) is 2.42. The highest BCUT2D eigenvalue weighted by Crippen LogP contribution is 2.19. The highest BCUT2D eigenvalue weighted by molar-refractivity contribution is 7.80. The maximum Gasteiger partial charge on any atom is 0.0715 e. The third kappa shape index (κ3) is 5.78. The normalized spacial score (nSPS) is 10.9. The van der Waals surface area contributed by atoms with E-state index in [1.54, 1.807) is 0 Å². The fourth-order valence-electron chi connectivity index (χ4n) is 2.35. The molecule has 1 aromatic carbocycles. The molecule has 0 heterocycles. The molecular weight excluding hydrogens is 304 g/mol. The summed E-state index contributed by atoms with van der Waals surface area (Å²) in [5, 5.41) is 1.24. The SMILES string of the molecule is [Si]c1ccc(CCCS)c(CCCS)c1CCCS. The highest BCUT2D eigenvalue weighted by atomic mass is 32.1. The Kier molecular flexibility index (Phi) is 9.46. The van der Waals surface area contributed by atoms with Crippen molar-refractivity contribution < 1.29 is 0 Å². The zero-order valence-corrected chi connectivity index (χ0v) is 15.0. The van der Waals surface area contributed by atoms with Gasteiger partial charge in [0.25, 0.3) is 0 Å². The lowest BCUT2D eigenvalue weighted by atomic mass is 9.92. The van der Waals surface area contributed by atoms with Gasteiger partial charge in [-0.15, -0.1) is 0 Å². The number of thiol groups is 3. The van der Waals surface area contributed by atoms with E-state index in [2.05, 4.69) is 60.3 Å². The van der Waals surface area contributed by atoms with Gasteiger partial charge >= 0.3 is 0 Å². The summed E-state index contributed by atoms with van der Waals surface area (Å²) in [4.78, 5) is 0. The van der Waals surface area contributed by atoms with E-state index in [1.165, 1.54) is 21.9 Å². The first-order chi connectivity index (χ1) is 9.24. The predicted molar refractivity (Wildman–Crippen MR) is 98.4 cm³/mol. The molecular formula is C15H23S3Si. The van der Waals surface area contributed by atoms with E-state index in [4.69, 9.17) is 0 Å². The van der Waals surface area contributed by atoms with Crippen molar-refractivity contribution in [2.24, 2.45) is 0 Å². The van der Waals surface area contributed by atoms with Crippen LogP contribution in [0.4, 0.5) is 0 Å². The summed E-state index contributed by atoms with van der Waals surface area (Å²) in [6.45, 7) is 0. The van der Waals surface area contributed by atoms with Gasteiger partial charge in [-0.3, -0.25) is 0 Å². The summed E-state index contributed by atoms with van der Waals surface area (Å²) in [5.74, 6) is 2.84. The highest BCUT2D eigenvalue weighted by Gasteiger charge is 2.10. The van der Waals surface area contributed by atoms with E-state index in [9.17, 15) is 0 Å². The molecule has 0 aromatic heterocycles. The first-order valence-corrected chi connectivity index (χ1v) is 9.32. The van der Waals surface area contributed by atoms with Gasteiger partial charge in [-0.2, -0.15) is 37.9 Å². The molecule has 0 aliphatic heterocycles. The lowest BCUT2D eigenvalue weighted by molar-refractivity contribution is 0.840. The van der Waals surface area contributed by atoms with E-state index in [0.29, 0.717) is 0 Å². The Labute approximate surface area is 137 Å². The Hall–Kier alpha value is 0.487. The molecule has 1 rings (SSSR count). The second kappa shape index (κ2) is 10.2. The molecule has 0 N–H and O–H groups in total. The fraction of sp³-hybridized carbons (Fsp3) is 0.600. The van der Waals surface area contributed by atoms with Crippen molar-refractivity contribution in [3.8, 4) is 0 Å². The molecule has 105 valence electrons. The number of aryl methyl sites for hydroxylation is 1. The van der Waals surface area contributed by atoms with Crippen LogP contribution in [0.15, 0.2) is 12.1 Å². The Bertz CT molecular complexity index is 380. The zero-order chi connectivity index (χ0) is 14.1. The molecule has 1 aromatic rings. The molecule has 3 radical (unpaired) electrons. The molecule has 4 heteroatoms. The van der Waals surface area contributed by atoms with Gasteiger partial charge in [0.15, 0.2) is 0 Å². The zero-order valence-electron chi connectivity index (χ0n) is 11.4. The number of hydrogen-bond acceptors (Lipinski definition) is 3. The van der Waals surface area contributed by atoms with Crippen LogP contribution in [0.2, 0.25) is 0 Å². The van der Waals surface area contributed by atoms with Crippen LogP contribution >= 0.6 is 37.9 Å². The van der Waals surface area contributed by atoms with Crippen molar-refractivity contribution in [2.75, 3.05) is 17.3 Å². The quantitative estimate of drug-likeness (QED) is 0.451. The van der Waals surface area contributed by atoms with Crippen molar-refractivity contribution >= 4 is 53.3 Å². The molecule has 0 aliphatic carbocycles. The van der Waals surface area contributed by atoms with Gasteiger partial charge in [-0.25, -0.2) is 0 Å². The van der Waals surface area contributed by atoms with E-state index in [-0.39, 0.29) is 0 Å². The third-order valence-electron chi connectivity index (χ3n) is 3.30. The Morgan fingerprint density at radius 1 is 0.737 bits per heavy atom. The topological polar surface area (TPSA) is 0 Å². The molecule has 0 atom stereocenters. The summed E-state index contributed by atoms with van der Waals surface area (Å²) >= 11 is 13.0. The van der Waals surface area contributed by atoms with Crippen LogP contribution in [-0.2, 0) is 19.3 Å². The molecule has 0 bridgehead atoms. The van der Waals surface area contributed by atoms with Crippen LogP contribution in [0, 0.1) is 0 Å². The largest absolute Gasteiger partial charge is 0.179 e. The predicted octanol–water partition coefficient (Wildman–Crippen LogP) is 3.07. The second-order valence-corrected chi connectivity index (χ2v) is 6.59. The average molecular weight is 328 g/mol. The monoisotopic (exact) mass is 327 g/mol. The van der Waals surface area contributed by atoms with Crippen LogP contribution in [0.3, 0.4) is 0 Å². The maximum atomic E-state index is 4.35. The molecule has 0 unspecified atom stereocenters. The van der Waals surface area contributed by atoms with Crippen LogP contribution in [0.25, 0.3) is 0 Å². The number of hydrogen-bond donors (Lipinski definition) is 3. The molecule has 0 amide bonds. The molecule has 0 saturated heterocycles. The number of benzene rings is 1. The van der Waals surface area contributed by atoms with Gasteiger partial charge in [0.1, 0.15) is 0 Å². The van der Waals surface area contributed by atoms with E-state index in [0.717, 1.165) is 55.8 Å². The maximum absolute atomic E-state index is 4.35. The van der Waals surface area contributed by atoms with Crippen LogP contribution < -0.4 is 5.19 Å². The van der Waals surface area contributed by atoms with Crippen molar-refractivity contribution in [1.82, 2.24) is 0 Å². The lowest BCUT2D eigenvalue weighted by Gasteiger charge is -2.17. The summed E-state index contributed by atoms with van der Waals surface area (Å²) in [6.07, 6.45) is 6.78. The minimum Gasteiger partial charge on any atom is -0.179 e. The van der Waals surface area contributed by atoms with Gasteiger partial charge in [0, 0.05) is 0 Å². The van der Waals surface area contributed by atoms with E-state index in [1.807, 2.05) is 0 Å². The molecule has 0 nitrogen and oxygen atoms in total. The third-order valence-corrected chi connectivity index (χ3v) is 4.72. The molecule has 0 fully saturated rings. The summed E-state index contributed by atoms with van der Waals surface area (Å²) in [7, 11) is 3.77. The minimum atomic E-state index is 0.943. The second-order valence-electron chi connectivity index (χ2n) is 4.71. The molecule has 0 aliphatic rings. The van der Waals surface area contributed by atoms with Gasteiger partial charge in [0.05, 0.1) is 10.2 Å². The molecule has 19 heavy (non-hydrogen) atoms. The lowest BCUT2D eigenvalue weighted by Crippen LogP contribution is -2.16. The summed E-state index contributed by atoms with van der Waals surface area (Å²) in [5.41, 5.74) is 4.50. The van der Waals surface area contributed by atoms with Gasteiger partial charge in [-0.1, -0.05) is 17.3 Å². The van der Waals surface area contributed by atoms with Gasteiger partial charge in [-0.05, 0) is 72.5 Å². The van der Waals surface area contributed by atoms with E-state index < -0.39 is 0 Å². The van der Waals surface area contributed by atoms with Crippen LogP contribution in [0.1, 0.15) is 36.0 Å². The fourth-order valence-corrected chi connectivity index (χ4v) is 3.19. The first kappa shape index (κ1) is 17.5. The van der Waals surface area contributed by atoms with Crippen molar-refractivity contribution in [1.29, 1.82) is 0 Å². The van der Waals surface area contributed by atoms with Crippen LogP contribution in [0.5, 0.6) is 0 Å². The van der Waals surface area contributed by atoms with Gasteiger partial charge in [0.2, 0.25) is 0 Å². The standard InChI is InChI=1S/C15H23S3Si/c16-9-1-4-12-7-8-15(19)14(6-3-11-18)13(12)5-2-10-17/h7-8,16-18H,1-6,9-11H2. The van der Waals surface area contributed by atoms with Crippen molar-refractivity contribution in [3.63, 3.8) is 0 Å². The van der Waals surface area contributed by atoms with Crippen molar-refractivity contribution in [2.45, 2.75) is 38.5 Å². The van der Waals surface area contributed by atoms with Gasteiger partial charge < -0.3 is 0 Å². The summed E-state index contributed by atoms with van der Waals surface area (Å²) in [6, 6.07) is 4.46. The first-order valence-electron chi connectivity index (χ1n) is 6.92. The minimum absolute atomic E-state index is 0.943. The van der Waals surface area contributed by atoms with Crippen LogP contribution in [-0.4, -0.2) is 27.5 Å². The smallest absolute Gasteiger partial charge is 0.0715 e. The molecule has 0 spiro atoms. The van der Waals surface area contributed by atoms with E-state index >= 15 is 0 Å².